The van der Waals surface area contributed by atoms with Crippen LogP contribution in [0.15, 0.2) is 60.9 Å². The zero-order valence-corrected chi connectivity index (χ0v) is 12.9. The molecule has 0 atom stereocenters. The number of benzene rings is 2. The van der Waals surface area contributed by atoms with Crippen molar-refractivity contribution < 1.29 is 4.79 Å². The van der Waals surface area contributed by atoms with Gasteiger partial charge in [-0.25, -0.2) is 0 Å². The predicted molar refractivity (Wildman–Crippen MR) is 90.5 cm³/mol. The van der Waals surface area contributed by atoms with E-state index in [2.05, 4.69) is 41.6 Å². The van der Waals surface area contributed by atoms with Crippen LogP contribution in [0.5, 0.6) is 0 Å². The number of aromatic nitrogens is 2. The van der Waals surface area contributed by atoms with Crippen LogP contribution in [0, 0.1) is 0 Å². The van der Waals surface area contributed by atoms with Crippen molar-refractivity contribution in [3.05, 3.63) is 77.6 Å². The fourth-order valence-electron chi connectivity index (χ4n) is 3.16. The first kappa shape index (κ1) is 13.9. The van der Waals surface area contributed by atoms with Crippen molar-refractivity contribution in [1.82, 2.24) is 9.78 Å². The first-order chi connectivity index (χ1) is 11.3. The molecule has 2 aromatic carbocycles. The molecule has 3 nitrogen and oxygen atoms in total. The number of carbonyl (C=O) groups is 1. The summed E-state index contributed by atoms with van der Waals surface area (Å²) in [6, 6.07) is 16.6. The van der Waals surface area contributed by atoms with Gasteiger partial charge in [-0.15, -0.1) is 0 Å². The van der Waals surface area contributed by atoms with Crippen molar-refractivity contribution in [3.63, 3.8) is 0 Å². The number of carbonyl (C=O) groups excluding carboxylic acids is 1. The second kappa shape index (κ2) is 5.84. The highest BCUT2D eigenvalue weighted by Gasteiger charge is 2.19. The molecule has 3 heteroatoms. The van der Waals surface area contributed by atoms with Crippen molar-refractivity contribution in [3.8, 4) is 11.1 Å². The molecule has 23 heavy (non-hydrogen) atoms. The first-order valence-corrected chi connectivity index (χ1v) is 8.02. The molecule has 0 radical (unpaired) electrons. The molecule has 0 spiro atoms. The second-order valence-electron chi connectivity index (χ2n) is 6.02. The maximum atomic E-state index is 11.7. The minimum atomic E-state index is 0.269. The number of fused-ring (bicyclic) bond motifs is 1. The number of aryl methyl sites for hydroxylation is 3. The lowest BCUT2D eigenvalue weighted by atomic mass is 10.0. The molecule has 0 N–H and O–H groups in total. The summed E-state index contributed by atoms with van der Waals surface area (Å²) in [7, 11) is 0. The van der Waals surface area contributed by atoms with E-state index >= 15 is 0 Å². The van der Waals surface area contributed by atoms with Crippen LogP contribution in [0.2, 0.25) is 0 Å². The van der Waals surface area contributed by atoms with Crippen molar-refractivity contribution >= 4 is 5.78 Å². The third kappa shape index (κ3) is 2.82. The summed E-state index contributed by atoms with van der Waals surface area (Å²) in [6.45, 7) is 0.868. The van der Waals surface area contributed by atoms with E-state index in [-0.39, 0.29) is 5.78 Å². The minimum Gasteiger partial charge on any atom is -0.294 e. The topological polar surface area (TPSA) is 34.9 Å². The summed E-state index contributed by atoms with van der Waals surface area (Å²) in [6.07, 6.45) is 6.48. The standard InChI is InChI=1S/C20H18N2O/c23-20-9-7-17-12-16(6-8-19(17)20)18-13-21-22(14-18)11-10-15-4-2-1-3-5-15/h1-6,8,12-14H,7,9-11H2. The highest BCUT2D eigenvalue weighted by molar-refractivity contribution is 6.00. The van der Waals surface area contributed by atoms with Gasteiger partial charge in [-0.05, 0) is 29.5 Å². The van der Waals surface area contributed by atoms with Gasteiger partial charge in [0.05, 0.1) is 6.20 Å². The molecule has 0 saturated heterocycles. The third-order valence-electron chi connectivity index (χ3n) is 4.47. The maximum absolute atomic E-state index is 11.7. The molecule has 1 aliphatic rings. The van der Waals surface area contributed by atoms with Gasteiger partial charge in [0.2, 0.25) is 0 Å². The Bertz CT molecular complexity index is 849. The molecule has 1 aromatic heterocycles. The molecule has 0 bridgehead atoms. The smallest absolute Gasteiger partial charge is 0.163 e. The van der Waals surface area contributed by atoms with Crippen LogP contribution >= 0.6 is 0 Å². The number of hydrogen-bond acceptors (Lipinski definition) is 2. The zero-order chi connectivity index (χ0) is 15.6. The molecule has 1 aliphatic carbocycles. The molecule has 0 amide bonds. The van der Waals surface area contributed by atoms with Crippen LogP contribution in [0.3, 0.4) is 0 Å². The van der Waals surface area contributed by atoms with E-state index in [1.54, 1.807) is 0 Å². The normalized spacial score (nSPS) is 13.3. The fraction of sp³-hybridized carbons (Fsp3) is 0.200. The van der Waals surface area contributed by atoms with Gasteiger partial charge >= 0.3 is 0 Å². The van der Waals surface area contributed by atoms with Crippen LogP contribution in [0.1, 0.15) is 27.9 Å². The van der Waals surface area contributed by atoms with Crippen LogP contribution in [-0.2, 0) is 19.4 Å². The highest BCUT2D eigenvalue weighted by atomic mass is 16.1. The Morgan fingerprint density at radius 3 is 2.74 bits per heavy atom. The molecule has 114 valence electrons. The largest absolute Gasteiger partial charge is 0.294 e. The molecular formula is C20H18N2O. The summed E-state index contributed by atoms with van der Waals surface area (Å²) >= 11 is 0. The SMILES string of the molecule is O=C1CCc2cc(-c3cnn(CCc4ccccc4)c3)ccc21. The summed E-state index contributed by atoms with van der Waals surface area (Å²) in [5.74, 6) is 0.269. The number of rotatable bonds is 4. The molecular weight excluding hydrogens is 284 g/mol. The van der Waals surface area contributed by atoms with E-state index in [9.17, 15) is 4.79 Å². The Balaban J connectivity index is 1.51. The van der Waals surface area contributed by atoms with Gasteiger partial charge in [-0.2, -0.15) is 5.10 Å². The van der Waals surface area contributed by atoms with Crippen molar-refractivity contribution in [2.45, 2.75) is 25.8 Å². The Morgan fingerprint density at radius 2 is 1.87 bits per heavy atom. The zero-order valence-electron chi connectivity index (χ0n) is 12.9. The van der Waals surface area contributed by atoms with Crippen molar-refractivity contribution in [1.29, 1.82) is 0 Å². The monoisotopic (exact) mass is 302 g/mol. The Kier molecular flexibility index (Phi) is 3.54. The number of Topliss-reactive ketones (excluding diaryl/α,β-unsaturated/α-hetero) is 1. The van der Waals surface area contributed by atoms with Gasteiger partial charge in [-0.3, -0.25) is 9.48 Å². The lowest BCUT2D eigenvalue weighted by Gasteiger charge is -2.03. The Morgan fingerprint density at radius 1 is 1.00 bits per heavy atom. The second-order valence-corrected chi connectivity index (χ2v) is 6.02. The number of ketones is 1. The molecule has 0 unspecified atom stereocenters. The van der Waals surface area contributed by atoms with Crippen molar-refractivity contribution in [2.24, 2.45) is 0 Å². The van der Waals surface area contributed by atoms with E-state index in [0.29, 0.717) is 6.42 Å². The summed E-state index contributed by atoms with van der Waals surface area (Å²) in [5, 5.41) is 4.47. The predicted octanol–water partition coefficient (Wildman–Crippen LogP) is 3.92. The molecule has 0 saturated carbocycles. The van der Waals surface area contributed by atoms with Crippen LogP contribution in [-0.4, -0.2) is 15.6 Å². The van der Waals surface area contributed by atoms with Crippen molar-refractivity contribution in [2.75, 3.05) is 0 Å². The van der Waals surface area contributed by atoms with Crippen LogP contribution < -0.4 is 0 Å². The molecule has 1 heterocycles. The average Bonchev–Trinajstić information content (AvgIpc) is 3.21. The van der Waals surface area contributed by atoms with E-state index in [1.165, 1.54) is 11.1 Å². The average molecular weight is 302 g/mol. The lowest BCUT2D eigenvalue weighted by molar-refractivity contribution is 0.0994. The van der Waals surface area contributed by atoms with Crippen LogP contribution in [0.4, 0.5) is 0 Å². The quantitative estimate of drug-likeness (QED) is 0.732. The summed E-state index contributed by atoms with van der Waals surface area (Å²) in [4.78, 5) is 11.7. The highest BCUT2D eigenvalue weighted by Crippen LogP contribution is 2.27. The summed E-state index contributed by atoms with van der Waals surface area (Å²) in [5.41, 5.74) is 5.64. The van der Waals surface area contributed by atoms with Gasteiger partial charge < -0.3 is 0 Å². The fourth-order valence-corrected chi connectivity index (χ4v) is 3.16. The molecule has 0 aliphatic heterocycles. The Labute approximate surface area is 135 Å². The first-order valence-electron chi connectivity index (χ1n) is 8.02. The third-order valence-corrected chi connectivity index (χ3v) is 4.47. The van der Waals surface area contributed by atoms with E-state index in [4.69, 9.17) is 0 Å². The van der Waals surface area contributed by atoms with Gasteiger partial charge in [-0.1, -0.05) is 48.5 Å². The maximum Gasteiger partial charge on any atom is 0.163 e. The molecule has 0 fully saturated rings. The number of nitrogens with zero attached hydrogens (tertiary/aromatic N) is 2. The molecule has 4 rings (SSSR count). The van der Waals surface area contributed by atoms with E-state index in [0.717, 1.165) is 36.1 Å². The van der Waals surface area contributed by atoms with E-state index < -0.39 is 0 Å². The van der Waals surface area contributed by atoms with Gasteiger partial charge in [0.25, 0.3) is 0 Å². The summed E-state index contributed by atoms with van der Waals surface area (Å²) < 4.78 is 1.99. The minimum absolute atomic E-state index is 0.269. The lowest BCUT2D eigenvalue weighted by Crippen LogP contribution is -2.01. The van der Waals surface area contributed by atoms with Crippen LogP contribution in [0.25, 0.3) is 11.1 Å². The van der Waals surface area contributed by atoms with Gasteiger partial charge in [0.1, 0.15) is 0 Å². The number of hydrogen-bond donors (Lipinski definition) is 0. The molecule has 3 aromatic rings. The Hall–Kier alpha value is -2.68. The van der Waals surface area contributed by atoms with Gasteiger partial charge in [0, 0.05) is 30.3 Å². The van der Waals surface area contributed by atoms with Gasteiger partial charge in [0.15, 0.2) is 5.78 Å². The van der Waals surface area contributed by atoms with E-state index in [1.807, 2.05) is 29.1 Å².